The van der Waals surface area contributed by atoms with E-state index in [1.807, 2.05) is 24.4 Å². The molecule has 0 atom stereocenters. The molecule has 0 saturated carbocycles. The summed E-state index contributed by atoms with van der Waals surface area (Å²) in [6, 6.07) is 11.7. The number of aryl methyl sites for hydroxylation is 2. The third kappa shape index (κ3) is 18.3. The Labute approximate surface area is 341 Å². The molecule has 2 N–H and O–H groups in total. The first-order valence-corrected chi connectivity index (χ1v) is 23.4. The lowest BCUT2D eigenvalue weighted by Gasteiger charge is -2.12. The van der Waals surface area contributed by atoms with E-state index in [9.17, 15) is 4.79 Å². The van der Waals surface area contributed by atoms with Gasteiger partial charge in [-0.2, -0.15) is 0 Å². The maximum absolute atomic E-state index is 13.0. The molecule has 3 heterocycles. The van der Waals surface area contributed by atoms with E-state index in [2.05, 4.69) is 35.9 Å². The van der Waals surface area contributed by atoms with Gasteiger partial charge in [-0.15, -0.1) is 0 Å². The lowest BCUT2D eigenvalue weighted by molar-refractivity contribution is 0.104. The number of ketones is 1. The maximum atomic E-state index is 13.0. The topological polar surface area (TPSA) is 76.3 Å². The molecule has 310 valence electrons. The molecule has 0 fully saturated rings. The third-order valence-corrected chi connectivity index (χ3v) is 11.5. The lowest BCUT2D eigenvalue weighted by Crippen LogP contribution is -2.28. The van der Waals surface area contributed by atoms with Gasteiger partial charge >= 0.3 is 7.32 Å². The fourth-order valence-electron chi connectivity index (χ4n) is 8.04. The van der Waals surface area contributed by atoms with Gasteiger partial charge in [-0.3, -0.25) is 4.79 Å². The van der Waals surface area contributed by atoms with Crippen LogP contribution in [0, 0.1) is 0 Å². The molecular formula is C49H77BN2O4. The van der Waals surface area contributed by atoms with Gasteiger partial charge in [0, 0.05) is 18.5 Å². The number of carbonyl (C=O) groups is 1. The van der Waals surface area contributed by atoms with Crippen molar-refractivity contribution in [1.82, 2.24) is 9.97 Å². The Morgan fingerprint density at radius 1 is 0.536 bits per heavy atom. The molecule has 1 aromatic carbocycles. The first kappa shape index (κ1) is 45.4. The summed E-state index contributed by atoms with van der Waals surface area (Å²) in [6.45, 7) is 4.59. The standard InChI is InChI=1S/C49H77BN2O4/c1-3-5-7-9-11-13-15-17-19-21-23-25-27-29-33-42-39-48-49(40-43(42)34-30-28-26-24-22-20-18-16-14-12-10-8-6-4-2)56-50(55-48)54-47(45-36-32-38-52-45)41-46(53)44-35-31-37-51-44/h31-32,35-41,51-52H,3-30,33-34H2,1-2H3/b47-41-. The van der Waals surface area contributed by atoms with Gasteiger partial charge in [0.05, 0.1) is 11.4 Å². The summed E-state index contributed by atoms with van der Waals surface area (Å²) in [5.74, 6) is 1.64. The monoisotopic (exact) mass is 769 g/mol. The van der Waals surface area contributed by atoms with Crippen molar-refractivity contribution in [2.24, 2.45) is 0 Å². The van der Waals surface area contributed by atoms with E-state index >= 15 is 0 Å². The van der Waals surface area contributed by atoms with Crippen molar-refractivity contribution in [1.29, 1.82) is 0 Å². The summed E-state index contributed by atoms with van der Waals surface area (Å²) < 4.78 is 18.7. The molecule has 1 aliphatic rings. The van der Waals surface area contributed by atoms with Crippen molar-refractivity contribution in [3.8, 4) is 11.5 Å². The highest BCUT2D eigenvalue weighted by atomic mass is 16.8. The van der Waals surface area contributed by atoms with Crippen molar-refractivity contribution in [3.63, 3.8) is 0 Å². The molecule has 3 aromatic rings. The minimum Gasteiger partial charge on any atom is -0.488 e. The van der Waals surface area contributed by atoms with Crippen molar-refractivity contribution >= 4 is 18.9 Å². The van der Waals surface area contributed by atoms with Gasteiger partial charge in [0.2, 0.25) is 5.78 Å². The average molecular weight is 769 g/mol. The number of H-pyrrole nitrogens is 2. The molecule has 4 rings (SSSR count). The van der Waals surface area contributed by atoms with E-state index in [4.69, 9.17) is 14.0 Å². The van der Waals surface area contributed by atoms with Crippen LogP contribution in [0.3, 0.4) is 0 Å². The van der Waals surface area contributed by atoms with Crippen LogP contribution >= 0.6 is 0 Å². The SMILES string of the molecule is CCCCCCCCCCCCCCCCc1cc2c(cc1CCCCCCCCCCCCCCCC)OB(O/C(=C\C(=O)c1ccc[nH]1)c1ccc[nH]1)O2. The second-order valence-electron chi connectivity index (χ2n) is 16.4. The number of unbranched alkanes of at least 4 members (excludes halogenated alkanes) is 26. The first-order valence-electron chi connectivity index (χ1n) is 23.4. The highest BCUT2D eigenvalue weighted by Crippen LogP contribution is 2.38. The molecule has 0 radical (unpaired) electrons. The predicted octanol–water partition coefficient (Wildman–Crippen LogP) is 15.1. The van der Waals surface area contributed by atoms with Crippen LogP contribution in [-0.4, -0.2) is 23.1 Å². The molecule has 0 unspecified atom stereocenters. The molecule has 6 nitrogen and oxygen atoms in total. The highest BCUT2D eigenvalue weighted by molar-refractivity contribution is 6.41. The van der Waals surface area contributed by atoms with Crippen LogP contribution in [-0.2, 0) is 17.5 Å². The molecular weight excluding hydrogens is 691 g/mol. The van der Waals surface area contributed by atoms with E-state index in [-0.39, 0.29) is 5.78 Å². The summed E-state index contributed by atoms with van der Waals surface area (Å²) in [6.07, 6.45) is 45.5. The van der Waals surface area contributed by atoms with Gasteiger partial charge in [0.15, 0.2) is 0 Å². The number of hydrogen-bond acceptors (Lipinski definition) is 4. The minimum absolute atomic E-state index is 0.180. The van der Waals surface area contributed by atoms with Gasteiger partial charge in [0.25, 0.3) is 0 Å². The first-order chi connectivity index (χ1) is 27.7. The highest BCUT2D eigenvalue weighted by Gasteiger charge is 2.39. The molecule has 0 saturated heterocycles. The van der Waals surface area contributed by atoms with Crippen molar-refractivity contribution < 1.29 is 18.8 Å². The smallest absolute Gasteiger partial charge is 0.488 e. The van der Waals surface area contributed by atoms with Crippen LogP contribution in [0.2, 0.25) is 0 Å². The summed E-state index contributed by atoms with van der Waals surface area (Å²) >= 11 is 0. The molecule has 0 spiro atoms. The van der Waals surface area contributed by atoms with Crippen LogP contribution < -0.4 is 9.31 Å². The Hall–Kier alpha value is -3.35. The summed E-state index contributed by atoms with van der Waals surface area (Å²) in [5, 5.41) is 0. The molecule has 0 bridgehead atoms. The van der Waals surface area contributed by atoms with E-state index in [1.165, 1.54) is 197 Å². The average Bonchev–Trinajstić information content (AvgIpc) is 4.01. The number of allylic oxidation sites excluding steroid dienone is 1. The number of aromatic amines is 2. The van der Waals surface area contributed by atoms with E-state index in [0.29, 0.717) is 17.1 Å². The van der Waals surface area contributed by atoms with Gasteiger partial charge in [-0.05, 0) is 73.2 Å². The molecule has 1 aliphatic heterocycles. The Morgan fingerprint density at radius 3 is 1.25 bits per heavy atom. The van der Waals surface area contributed by atoms with Gasteiger partial charge in [-0.25, -0.2) is 0 Å². The van der Waals surface area contributed by atoms with Crippen LogP contribution in [0.25, 0.3) is 5.76 Å². The number of carbonyl (C=O) groups excluding carboxylic acids is 1. The van der Waals surface area contributed by atoms with Crippen LogP contribution in [0.5, 0.6) is 11.5 Å². The van der Waals surface area contributed by atoms with Crippen LogP contribution in [0.4, 0.5) is 0 Å². The van der Waals surface area contributed by atoms with Crippen molar-refractivity contribution in [2.45, 2.75) is 206 Å². The molecule has 2 aromatic heterocycles. The van der Waals surface area contributed by atoms with Crippen LogP contribution in [0.1, 0.15) is 221 Å². The number of rotatable bonds is 35. The fourth-order valence-corrected chi connectivity index (χ4v) is 8.04. The molecule has 0 aliphatic carbocycles. The van der Waals surface area contributed by atoms with Crippen molar-refractivity contribution in [3.05, 3.63) is 77.4 Å². The summed E-state index contributed by atoms with van der Waals surface area (Å²) in [4.78, 5) is 19.1. The largest absolute Gasteiger partial charge is 0.864 e. The normalized spacial score (nSPS) is 12.5. The van der Waals surface area contributed by atoms with Gasteiger partial charge in [0.1, 0.15) is 17.3 Å². The fraction of sp³-hybridized carbons (Fsp3) is 0.653. The van der Waals surface area contributed by atoms with E-state index in [1.54, 1.807) is 12.3 Å². The van der Waals surface area contributed by atoms with Crippen LogP contribution in [0.15, 0.2) is 54.9 Å². The summed E-state index contributed by atoms with van der Waals surface area (Å²) in [5.41, 5.74) is 3.94. The Morgan fingerprint density at radius 2 is 0.893 bits per heavy atom. The van der Waals surface area contributed by atoms with E-state index < -0.39 is 7.32 Å². The number of fused-ring (bicyclic) bond motifs is 1. The number of benzene rings is 1. The molecule has 7 heteroatoms. The number of aromatic nitrogens is 2. The second-order valence-corrected chi connectivity index (χ2v) is 16.4. The minimum atomic E-state index is -0.971. The molecule has 56 heavy (non-hydrogen) atoms. The zero-order chi connectivity index (χ0) is 39.3. The Balaban J connectivity index is 1.22. The van der Waals surface area contributed by atoms with Gasteiger partial charge in [-0.1, -0.05) is 181 Å². The maximum Gasteiger partial charge on any atom is 0.864 e. The van der Waals surface area contributed by atoms with E-state index in [0.717, 1.165) is 24.3 Å². The Kier molecular flexibility index (Phi) is 23.5. The summed E-state index contributed by atoms with van der Waals surface area (Å²) in [7, 11) is -0.971. The quantitative estimate of drug-likeness (QED) is 0.0205. The van der Waals surface area contributed by atoms with Crippen molar-refractivity contribution in [2.75, 3.05) is 0 Å². The third-order valence-electron chi connectivity index (χ3n) is 11.5. The number of hydrogen-bond donors (Lipinski definition) is 2. The molecule has 0 amide bonds. The Bertz CT molecular complexity index is 1390. The predicted molar refractivity (Wildman–Crippen MR) is 236 cm³/mol. The number of nitrogens with one attached hydrogen (secondary N) is 2. The van der Waals surface area contributed by atoms with Gasteiger partial charge < -0.3 is 23.9 Å². The zero-order valence-electron chi connectivity index (χ0n) is 35.6. The second kappa shape index (κ2) is 29.0. The lowest BCUT2D eigenvalue weighted by atomic mass is 9.95. The zero-order valence-corrected chi connectivity index (χ0v) is 35.6.